The van der Waals surface area contributed by atoms with Gasteiger partial charge in [-0.15, -0.1) is 0 Å². The number of fused-ring (bicyclic) bond motifs is 1. The number of amides is 2. The van der Waals surface area contributed by atoms with Gasteiger partial charge in [-0.05, 0) is 56.6 Å². The number of carbonyl (C=O) groups is 3. The van der Waals surface area contributed by atoms with Crippen molar-refractivity contribution in [2.24, 2.45) is 17.8 Å². The Morgan fingerprint density at radius 1 is 1.05 bits per heavy atom. The smallest absolute Gasteiger partial charge is 0.303 e. The first-order valence-electron chi connectivity index (χ1n) is 14.8. The fraction of sp³-hybridized carbons (Fsp3) is 0.594. The lowest BCUT2D eigenvalue weighted by atomic mass is 9.67. The van der Waals surface area contributed by atoms with Crippen LogP contribution in [-0.4, -0.2) is 62.4 Å². The maximum absolute atomic E-state index is 13.5. The first-order chi connectivity index (χ1) is 19.2. The summed E-state index contributed by atoms with van der Waals surface area (Å²) in [4.78, 5) is 38.8. The van der Waals surface area contributed by atoms with Crippen LogP contribution in [0.5, 0.6) is 5.75 Å². The molecule has 0 radical (unpaired) electrons. The number of para-hydroxylation sites is 1. The SMILES string of the molecule is CCCC1=C([C@H](O)CC/C(=C/c2ccccc2O)CCC)[C@H](CO)[C@@H]2C(=O)N(CCCCCC(=O)O)C(=O)[C@@H]2C1. The number of phenols is 1. The molecule has 0 spiro atoms. The molecule has 1 fully saturated rings. The van der Waals surface area contributed by atoms with Crippen molar-refractivity contribution in [3.05, 3.63) is 46.5 Å². The number of carboxylic acid groups (broad SMARTS) is 1. The molecule has 40 heavy (non-hydrogen) atoms. The van der Waals surface area contributed by atoms with Crippen LogP contribution in [0.2, 0.25) is 0 Å². The van der Waals surface area contributed by atoms with Gasteiger partial charge in [0.1, 0.15) is 5.75 Å². The van der Waals surface area contributed by atoms with E-state index in [2.05, 4.69) is 6.92 Å². The normalized spacial score (nSPS) is 22.1. The number of hydrogen-bond donors (Lipinski definition) is 4. The molecule has 0 saturated carbocycles. The second-order valence-electron chi connectivity index (χ2n) is 11.1. The molecule has 1 saturated heterocycles. The third kappa shape index (κ3) is 7.61. The number of allylic oxidation sites excluding steroid dienone is 2. The molecule has 4 N–H and O–H groups in total. The average molecular weight is 556 g/mol. The average Bonchev–Trinajstić information content (AvgIpc) is 3.16. The van der Waals surface area contributed by atoms with Crippen LogP contribution in [0.3, 0.4) is 0 Å². The van der Waals surface area contributed by atoms with Gasteiger partial charge in [-0.2, -0.15) is 0 Å². The van der Waals surface area contributed by atoms with Crippen molar-refractivity contribution in [1.82, 2.24) is 4.90 Å². The molecule has 8 heteroatoms. The van der Waals surface area contributed by atoms with E-state index in [1.807, 2.05) is 25.1 Å². The van der Waals surface area contributed by atoms with Crippen molar-refractivity contribution in [1.29, 1.82) is 0 Å². The highest BCUT2D eigenvalue weighted by molar-refractivity contribution is 6.05. The summed E-state index contributed by atoms with van der Waals surface area (Å²) in [6.45, 7) is 4.06. The summed E-state index contributed by atoms with van der Waals surface area (Å²) in [5, 5.41) is 41.0. The molecule has 3 rings (SSSR count). The standard InChI is InChI=1S/C32H45NO7/c1-3-10-21(18-22-12-7-8-13-26(22)35)15-16-27(36)29-23(11-4-2)19-24-30(25(29)20-34)32(40)33(31(24)39)17-9-5-6-14-28(37)38/h7-8,12-13,18,24-25,27,30,34-36H,3-6,9-11,14-17,19-20H2,1-2H3,(H,37,38)/b21-18+/t24-,25+,27-,30-/m1/s1. The van der Waals surface area contributed by atoms with E-state index in [1.165, 1.54) is 4.90 Å². The molecule has 0 aromatic heterocycles. The third-order valence-electron chi connectivity index (χ3n) is 8.26. The van der Waals surface area contributed by atoms with E-state index in [4.69, 9.17) is 5.11 Å². The Morgan fingerprint density at radius 2 is 1.80 bits per heavy atom. The lowest BCUT2D eigenvalue weighted by Gasteiger charge is -2.36. The van der Waals surface area contributed by atoms with E-state index in [0.29, 0.717) is 50.5 Å². The fourth-order valence-corrected chi connectivity index (χ4v) is 6.40. The first kappa shape index (κ1) is 31.6. The maximum Gasteiger partial charge on any atom is 0.303 e. The van der Waals surface area contributed by atoms with Gasteiger partial charge in [0.25, 0.3) is 0 Å². The summed E-state index contributed by atoms with van der Waals surface area (Å²) >= 11 is 0. The highest BCUT2D eigenvalue weighted by Gasteiger charge is 2.54. The molecule has 2 amide bonds. The molecule has 1 aliphatic heterocycles. The zero-order valence-corrected chi connectivity index (χ0v) is 23.8. The van der Waals surface area contributed by atoms with Crippen LogP contribution in [0.4, 0.5) is 0 Å². The summed E-state index contributed by atoms with van der Waals surface area (Å²) in [7, 11) is 0. The number of phenolic OH excluding ortho intramolecular Hbond substituents is 1. The second kappa shape index (κ2) is 15.1. The van der Waals surface area contributed by atoms with Crippen LogP contribution < -0.4 is 0 Å². The van der Waals surface area contributed by atoms with Crippen molar-refractivity contribution in [3.63, 3.8) is 0 Å². The first-order valence-corrected chi connectivity index (χ1v) is 14.8. The molecule has 1 heterocycles. The number of hydrogen-bond acceptors (Lipinski definition) is 6. The van der Waals surface area contributed by atoms with Crippen LogP contribution >= 0.6 is 0 Å². The van der Waals surface area contributed by atoms with Gasteiger partial charge in [-0.3, -0.25) is 19.3 Å². The maximum atomic E-state index is 13.5. The number of carboxylic acids is 1. The zero-order chi connectivity index (χ0) is 29.2. The van der Waals surface area contributed by atoms with Gasteiger partial charge < -0.3 is 20.4 Å². The van der Waals surface area contributed by atoms with Crippen molar-refractivity contribution < 1.29 is 34.8 Å². The number of benzene rings is 1. The van der Waals surface area contributed by atoms with E-state index < -0.39 is 29.8 Å². The van der Waals surface area contributed by atoms with E-state index in [0.717, 1.165) is 36.0 Å². The Bertz CT molecular complexity index is 1110. The van der Waals surface area contributed by atoms with Crippen LogP contribution in [0, 0.1) is 17.8 Å². The lowest BCUT2D eigenvalue weighted by Crippen LogP contribution is -2.39. The number of nitrogens with zero attached hydrogens (tertiary/aromatic N) is 1. The van der Waals surface area contributed by atoms with Crippen LogP contribution in [0.25, 0.3) is 6.08 Å². The van der Waals surface area contributed by atoms with Gasteiger partial charge in [-0.25, -0.2) is 0 Å². The predicted octanol–water partition coefficient (Wildman–Crippen LogP) is 5.07. The Hall–Kier alpha value is -2.97. The van der Waals surface area contributed by atoms with Crippen molar-refractivity contribution in [2.75, 3.05) is 13.2 Å². The highest BCUT2D eigenvalue weighted by atomic mass is 16.4. The van der Waals surface area contributed by atoms with Crippen LogP contribution in [0.1, 0.15) is 90.0 Å². The molecular weight excluding hydrogens is 510 g/mol. The molecule has 220 valence electrons. The number of imide groups is 1. The molecule has 0 bridgehead atoms. The summed E-state index contributed by atoms with van der Waals surface area (Å²) in [5.41, 5.74) is 3.53. The second-order valence-corrected chi connectivity index (χ2v) is 11.1. The van der Waals surface area contributed by atoms with Gasteiger partial charge >= 0.3 is 5.97 Å². The van der Waals surface area contributed by atoms with E-state index in [9.17, 15) is 29.7 Å². The number of carbonyl (C=O) groups excluding carboxylic acids is 2. The van der Waals surface area contributed by atoms with E-state index in [1.54, 1.807) is 12.1 Å². The largest absolute Gasteiger partial charge is 0.507 e. The molecule has 1 aromatic rings. The quantitative estimate of drug-likeness (QED) is 0.127. The van der Waals surface area contributed by atoms with E-state index in [-0.39, 0.29) is 37.1 Å². The predicted molar refractivity (Wildman–Crippen MR) is 153 cm³/mol. The molecule has 4 atom stereocenters. The van der Waals surface area contributed by atoms with E-state index >= 15 is 0 Å². The molecule has 1 aromatic carbocycles. The fourth-order valence-electron chi connectivity index (χ4n) is 6.40. The van der Waals surface area contributed by atoms with Gasteiger partial charge in [0, 0.05) is 24.4 Å². The van der Waals surface area contributed by atoms with Crippen LogP contribution in [0.15, 0.2) is 41.0 Å². The minimum absolute atomic E-state index is 0.0624. The number of rotatable bonds is 16. The number of likely N-dealkylation sites (tertiary alicyclic amines) is 1. The van der Waals surface area contributed by atoms with Gasteiger partial charge in [-0.1, -0.05) is 68.5 Å². The molecular formula is C32H45NO7. The number of aromatic hydroxyl groups is 1. The Kier molecular flexibility index (Phi) is 11.9. The molecule has 2 aliphatic rings. The van der Waals surface area contributed by atoms with Gasteiger partial charge in [0.15, 0.2) is 0 Å². The minimum atomic E-state index is -0.860. The molecule has 1 aliphatic carbocycles. The summed E-state index contributed by atoms with van der Waals surface area (Å²) in [6.07, 6.45) is 7.54. The summed E-state index contributed by atoms with van der Waals surface area (Å²) in [5.74, 6) is -2.99. The minimum Gasteiger partial charge on any atom is -0.507 e. The summed E-state index contributed by atoms with van der Waals surface area (Å²) < 4.78 is 0. The molecule has 0 unspecified atom stereocenters. The summed E-state index contributed by atoms with van der Waals surface area (Å²) in [6, 6.07) is 7.15. The van der Waals surface area contributed by atoms with Crippen molar-refractivity contribution in [3.8, 4) is 5.75 Å². The monoisotopic (exact) mass is 555 g/mol. The Labute approximate surface area is 237 Å². The van der Waals surface area contributed by atoms with Crippen LogP contribution in [-0.2, 0) is 14.4 Å². The zero-order valence-electron chi connectivity index (χ0n) is 23.8. The Morgan fingerprint density at radius 3 is 2.45 bits per heavy atom. The number of aliphatic hydroxyl groups is 2. The topological polar surface area (TPSA) is 135 Å². The molecule has 8 nitrogen and oxygen atoms in total. The highest BCUT2D eigenvalue weighted by Crippen LogP contribution is 2.47. The third-order valence-corrected chi connectivity index (χ3v) is 8.26. The number of aliphatic carboxylic acids is 1. The van der Waals surface area contributed by atoms with Crippen molar-refractivity contribution in [2.45, 2.75) is 90.6 Å². The van der Waals surface area contributed by atoms with Crippen molar-refractivity contribution >= 4 is 23.9 Å². The Balaban J connectivity index is 1.78. The number of aliphatic hydroxyl groups excluding tert-OH is 2. The van der Waals surface area contributed by atoms with Gasteiger partial charge in [0.2, 0.25) is 11.8 Å². The number of unbranched alkanes of at least 4 members (excludes halogenated alkanes) is 2. The lowest BCUT2D eigenvalue weighted by molar-refractivity contribution is -0.141. The van der Waals surface area contributed by atoms with Gasteiger partial charge in [0.05, 0.1) is 24.5 Å².